The molecule has 0 saturated carbocycles. The van der Waals surface area contributed by atoms with Gasteiger partial charge in [0.2, 0.25) is 0 Å². The molecule has 1 aromatic heterocycles. The first-order valence-electron chi connectivity index (χ1n) is 7.89. The average Bonchev–Trinajstić information content (AvgIpc) is 3.04. The highest BCUT2D eigenvalue weighted by atomic mass is 35.5. The monoisotopic (exact) mass is 352 g/mol. The molecule has 2 N–H and O–H groups in total. The quantitative estimate of drug-likeness (QED) is 0.805. The SMILES string of the molecule is CCCOc1ccc2cc(C(=O)NC3CCNC3)c(=O)oc2c1.Cl. The van der Waals surface area contributed by atoms with Crippen molar-refractivity contribution >= 4 is 29.3 Å². The van der Waals surface area contributed by atoms with Gasteiger partial charge in [0.15, 0.2) is 0 Å². The van der Waals surface area contributed by atoms with Crippen LogP contribution >= 0.6 is 12.4 Å². The second-order valence-corrected chi connectivity index (χ2v) is 5.66. The summed E-state index contributed by atoms with van der Waals surface area (Å²) in [5.74, 6) is 0.261. The molecule has 1 fully saturated rings. The molecule has 1 aliphatic rings. The van der Waals surface area contributed by atoms with E-state index in [1.807, 2.05) is 6.92 Å². The van der Waals surface area contributed by atoms with E-state index in [2.05, 4.69) is 10.6 Å². The van der Waals surface area contributed by atoms with E-state index in [9.17, 15) is 9.59 Å². The molecule has 0 aliphatic carbocycles. The van der Waals surface area contributed by atoms with Crippen molar-refractivity contribution in [1.29, 1.82) is 0 Å². The lowest BCUT2D eigenvalue weighted by Gasteiger charge is -2.11. The fraction of sp³-hybridized carbons (Fsp3) is 0.412. The summed E-state index contributed by atoms with van der Waals surface area (Å²) in [7, 11) is 0. The molecule has 1 unspecified atom stereocenters. The van der Waals surface area contributed by atoms with E-state index < -0.39 is 5.63 Å². The van der Waals surface area contributed by atoms with Gasteiger partial charge in [-0.05, 0) is 37.6 Å². The fourth-order valence-electron chi connectivity index (χ4n) is 2.60. The Labute approximate surface area is 146 Å². The summed E-state index contributed by atoms with van der Waals surface area (Å²) >= 11 is 0. The van der Waals surface area contributed by atoms with Gasteiger partial charge in [-0.3, -0.25) is 4.79 Å². The van der Waals surface area contributed by atoms with Crippen LogP contribution in [-0.2, 0) is 0 Å². The topological polar surface area (TPSA) is 80.6 Å². The number of carbonyl (C=O) groups is 1. The number of nitrogens with one attached hydrogen (secondary N) is 2. The summed E-state index contributed by atoms with van der Waals surface area (Å²) < 4.78 is 10.8. The smallest absolute Gasteiger partial charge is 0.349 e. The minimum atomic E-state index is -0.631. The summed E-state index contributed by atoms with van der Waals surface area (Å²) in [6.07, 6.45) is 1.76. The van der Waals surface area contributed by atoms with Crippen LogP contribution in [0.3, 0.4) is 0 Å². The second kappa shape index (κ2) is 8.17. The summed E-state index contributed by atoms with van der Waals surface area (Å²) in [4.78, 5) is 24.3. The van der Waals surface area contributed by atoms with Gasteiger partial charge in [0.05, 0.1) is 6.61 Å². The molecular weight excluding hydrogens is 332 g/mol. The minimum Gasteiger partial charge on any atom is -0.493 e. The number of ether oxygens (including phenoxy) is 1. The van der Waals surface area contributed by atoms with Gasteiger partial charge in [0, 0.05) is 24.0 Å². The summed E-state index contributed by atoms with van der Waals surface area (Å²) in [6.45, 7) is 4.22. The van der Waals surface area contributed by atoms with Crippen LogP contribution in [0.2, 0.25) is 0 Å². The number of fused-ring (bicyclic) bond motifs is 1. The number of hydrogen-bond donors (Lipinski definition) is 2. The molecule has 1 aliphatic heterocycles. The predicted octanol–water partition coefficient (Wildman–Crippen LogP) is 2.10. The average molecular weight is 353 g/mol. The Morgan fingerprint density at radius 3 is 2.96 bits per heavy atom. The highest BCUT2D eigenvalue weighted by molar-refractivity contribution is 5.96. The predicted molar refractivity (Wildman–Crippen MR) is 94.3 cm³/mol. The van der Waals surface area contributed by atoms with Crippen molar-refractivity contribution in [2.45, 2.75) is 25.8 Å². The molecule has 1 atom stereocenters. The van der Waals surface area contributed by atoms with Gasteiger partial charge in [-0.25, -0.2) is 4.79 Å². The van der Waals surface area contributed by atoms with Crippen LogP contribution < -0.4 is 21.0 Å². The van der Waals surface area contributed by atoms with Crippen LogP contribution in [-0.4, -0.2) is 31.6 Å². The Morgan fingerprint density at radius 2 is 2.25 bits per heavy atom. The molecule has 7 heteroatoms. The molecule has 0 bridgehead atoms. The molecule has 2 aromatic rings. The lowest BCUT2D eigenvalue weighted by atomic mass is 10.1. The van der Waals surface area contributed by atoms with Crippen LogP contribution in [0.15, 0.2) is 33.5 Å². The van der Waals surface area contributed by atoms with Crippen molar-refractivity contribution < 1.29 is 13.9 Å². The Kier molecular flexibility index (Phi) is 6.23. The maximum absolute atomic E-state index is 12.2. The molecule has 3 rings (SSSR count). The summed E-state index contributed by atoms with van der Waals surface area (Å²) in [5.41, 5.74) is -0.178. The van der Waals surface area contributed by atoms with Crippen molar-refractivity contribution in [2.24, 2.45) is 0 Å². The normalized spacial score (nSPS) is 16.6. The van der Waals surface area contributed by atoms with Crippen LogP contribution in [0.25, 0.3) is 11.0 Å². The van der Waals surface area contributed by atoms with Gasteiger partial charge >= 0.3 is 5.63 Å². The number of hydrogen-bond acceptors (Lipinski definition) is 5. The van der Waals surface area contributed by atoms with E-state index in [0.29, 0.717) is 23.3 Å². The third kappa shape index (κ3) is 4.07. The number of halogens is 1. The molecule has 2 heterocycles. The standard InChI is InChI=1S/C17H20N2O4.ClH/c1-2-7-22-13-4-3-11-8-14(17(21)23-15(11)9-13)16(20)19-12-5-6-18-10-12;/h3-4,8-9,12,18H,2,5-7,10H2,1H3,(H,19,20);1H. The van der Waals surface area contributed by atoms with E-state index in [0.717, 1.165) is 25.9 Å². The van der Waals surface area contributed by atoms with Gasteiger partial charge in [0.1, 0.15) is 16.9 Å². The highest BCUT2D eigenvalue weighted by Gasteiger charge is 2.20. The van der Waals surface area contributed by atoms with Gasteiger partial charge in [-0.15, -0.1) is 12.4 Å². The molecule has 6 nitrogen and oxygen atoms in total. The lowest BCUT2D eigenvalue weighted by molar-refractivity contribution is 0.0936. The van der Waals surface area contributed by atoms with Gasteiger partial charge in [-0.2, -0.15) is 0 Å². The maximum atomic E-state index is 12.2. The molecule has 1 saturated heterocycles. The highest BCUT2D eigenvalue weighted by Crippen LogP contribution is 2.20. The second-order valence-electron chi connectivity index (χ2n) is 5.66. The summed E-state index contributed by atoms with van der Waals surface area (Å²) in [5, 5.41) is 6.72. The third-order valence-electron chi connectivity index (χ3n) is 3.82. The van der Waals surface area contributed by atoms with Crippen LogP contribution in [0, 0.1) is 0 Å². The first kappa shape index (κ1) is 18.3. The molecule has 130 valence electrons. The molecule has 1 aromatic carbocycles. The summed E-state index contributed by atoms with van der Waals surface area (Å²) in [6, 6.07) is 6.90. The van der Waals surface area contributed by atoms with Crippen molar-refractivity contribution in [3.05, 3.63) is 40.2 Å². The first-order chi connectivity index (χ1) is 11.2. The fourth-order valence-corrected chi connectivity index (χ4v) is 2.60. The van der Waals surface area contributed by atoms with Crippen molar-refractivity contribution in [3.8, 4) is 5.75 Å². The van der Waals surface area contributed by atoms with Crippen LogP contribution in [0.4, 0.5) is 0 Å². The Balaban J connectivity index is 0.00000208. The molecule has 0 spiro atoms. The van der Waals surface area contributed by atoms with E-state index in [1.165, 1.54) is 0 Å². The number of carbonyl (C=O) groups excluding carboxylic acids is 1. The van der Waals surface area contributed by atoms with E-state index in [1.54, 1.807) is 24.3 Å². The largest absolute Gasteiger partial charge is 0.493 e. The van der Waals surface area contributed by atoms with Crippen molar-refractivity contribution in [3.63, 3.8) is 0 Å². The first-order valence-corrected chi connectivity index (χ1v) is 7.89. The zero-order valence-electron chi connectivity index (χ0n) is 13.5. The number of amides is 1. The zero-order chi connectivity index (χ0) is 16.2. The zero-order valence-corrected chi connectivity index (χ0v) is 14.3. The van der Waals surface area contributed by atoms with Crippen LogP contribution in [0.1, 0.15) is 30.1 Å². The Bertz CT molecular complexity index is 769. The van der Waals surface area contributed by atoms with Crippen molar-refractivity contribution in [1.82, 2.24) is 10.6 Å². The number of rotatable bonds is 5. The number of benzene rings is 1. The van der Waals surface area contributed by atoms with Gasteiger partial charge in [-0.1, -0.05) is 6.92 Å². The van der Waals surface area contributed by atoms with E-state index >= 15 is 0 Å². The maximum Gasteiger partial charge on any atom is 0.349 e. The third-order valence-corrected chi connectivity index (χ3v) is 3.82. The lowest BCUT2D eigenvalue weighted by Crippen LogP contribution is -2.38. The Hall–Kier alpha value is -2.05. The van der Waals surface area contributed by atoms with Gasteiger partial charge < -0.3 is 19.8 Å². The minimum absolute atomic E-state index is 0. The van der Waals surface area contributed by atoms with E-state index in [4.69, 9.17) is 9.15 Å². The molecule has 24 heavy (non-hydrogen) atoms. The Morgan fingerprint density at radius 1 is 1.42 bits per heavy atom. The molecule has 1 amide bonds. The van der Waals surface area contributed by atoms with Gasteiger partial charge in [0.25, 0.3) is 5.91 Å². The molecular formula is C17H21ClN2O4. The van der Waals surface area contributed by atoms with Crippen molar-refractivity contribution in [2.75, 3.05) is 19.7 Å². The molecule has 0 radical (unpaired) electrons. The van der Waals surface area contributed by atoms with Crippen LogP contribution in [0.5, 0.6) is 5.75 Å². The van der Waals surface area contributed by atoms with E-state index in [-0.39, 0.29) is 29.9 Å².